The highest BCUT2D eigenvalue weighted by molar-refractivity contribution is 5.78. The van der Waals surface area contributed by atoms with Gasteiger partial charge < -0.3 is 10.6 Å². The first-order valence-electron chi connectivity index (χ1n) is 4.79. The molecule has 1 aliphatic rings. The van der Waals surface area contributed by atoms with Crippen LogP contribution in [0.3, 0.4) is 0 Å². The molecule has 1 rings (SSSR count). The molecule has 0 spiro atoms. The van der Waals surface area contributed by atoms with Crippen LogP contribution in [-0.4, -0.2) is 31.0 Å². The summed E-state index contributed by atoms with van der Waals surface area (Å²) in [4.78, 5) is 11.2. The Balaban J connectivity index is 2.42. The molecule has 0 aromatic heterocycles. The topological polar surface area (TPSA) is 41.1 Å². The molecule has 82 valence electrons. The molecule has 3 nitrogen and oxygen atoms in total. The largest absolute Gasteiger partial charge is 0.352 e. The molecule has 1 fully saturated rings. The summed E-state index contributed by atoms with van der Waals surface area (Å²) in [5, 5.41) is 5.20. The molecule has 0 bridgehead atoms. The van der Waals surface area contributed by atoms with Crippen molar-refractivity contribution < 1.29 is 13.6 Å². The van der Waals surface area contributed by atoms with Crippen LogP contribution in [0.2, 0.25) is 0 Å². The maximum Gasteiger partial charge on any atom is 0.262 e. The van der Waals surface area contributed by atoms with Gasteiger partial charge in [0.05, 0.1) is 6.54 Å². The predicted molar refractivity (Wildman–Crippen MR) is 49.2 cm³/mol. The highest BCUT2D eigenvalue weighted by atomic mass is 19.3. The van der Waals surface area contributed by atoms with Crippen molar-refractivity contribution in [3.05, 3.63) is 0 Å². The minimum atomic E-state index is -2.70. The summed E-state index contributed by atoms with van der Waals surface area (Å²) >= 11 is 0. The molecule has 0 saturated carbocycles. The second kappa shape index (κ2) is 4.21. The first-order chi connectivity index (χ1) is 6.41. The summed E-state index contributed by atoms with van der Waals surface area (Å²) < 4.78 is 25.8. The van der Waals surface area contributed by atoms with E-state index in [0.29, 0.717) is 6.54 Å². The molecule has 5 heteroatoms. The van der Waals surface area contributed by atoms with Gasteiger partial charge in [-0.3, -0.25) is 4.79 Å². The number of halogens is 2. The van der Waals surface area contributed by atoms with Crippen molar-refractivity contribution in [1.82, 2.24) is 10.6 Å². The fourth-order valence-corrected chi connectivity index (χ4v) is 1.40. The fraction of sp³-hybridized carbons (Fsp3) is 0.889. The molecular formula is C9H16F2N2O. The summed E-state index contributed by atoms with van der Waals surface area (Å²) in [7, 11) is 0. The van der Waals surface area contributed by atoms with Crippen LogP contribution in [0.4, 0.5) is 8.78 Å². The molecule has 1 unspecified atom stereocenters. The van der Waals surface area contributed by atoms with E-state index < -0.39 is 12.0 Å². The summed E-state index contributed by atoms with van der Waals surface area (Å²) in [5.74, 6) is -3.03. The monoisotopic (exact) mass is 206 g/mol. The second-order valence-corrected chi connectivity index (χ2v) is 4.05. The van der Waals surface area contributed by atoms with Crippen molar-refractivity contribution in [2.75, 3.05) is 13.1 Å². The lowest BCUT2D eigenvalue weighted by Gasteiger charge is -2.30. The molecule has 1 heterocycles. The SMILES string of the molecule is CC(C)C(=O)NC1CNCC(F)(F)C1. The summed E-state index contributed by atoms with van der Waals surface area (Å²) in [6, 6.07) is -0.450. The zero-order valence-electron chi connectivity index (χ0n) is 8.44. The Bertz CT molecular complexity index is 219. The smallest absolute Gasteiger partial charge is 0.262 e. The number of carbonyl (C=O) groups is 1. The molecule has 1 aliphatic heterocycles. The average Bonchev–Trinajstić information content (AvgIpc) is 2.01. The third kappa shape index (κ3) is 3.21. The van der Waals surface area contributed by atoms with Gasteiger partial charge in [0.15, 0.2) is 0 Å². The Kier molecular flexibility index (Phi) is 3.42. The lowest BCUT2D eigenvalue weighted by molar-refractivity contribution is -0.125. The lowest BCUT2D eigenvalue weighted by Crippen LogP contribution is -2.54. The van der Waals surface area contributed by atoms with E-state index in [1.807, 2.05) is 0 Å². The number of nitrogens with one attached hydrogen (secondary N) is 2. The zero-order valence-corrected chi connectivity index (χ0v) is 8.44. The Labute approximate surface area is 82.2 Å². The fourth-order valence-electron chi connectivity index (χ4n) is 1.40. The molecule has 0 aliphatic carbocycles. The Hall–Kier alpha value is -0.710. The van der Waals surface area contributed by atoms with Crippen LogP contribution in [0, 0.1) is 5.92 Å². The summed E-state index contributed by atoms with van der Waals surface area (Å²) in [6.07, 6.45) is -0.265. The van der Waals surface area contributed by atoms with Gasteiger partial charge in [-0.25, -0.2) is 8.78 Å². The van der Waals surface area contributed by atoms with Gasteiger partial charge in [0.25, 0.3) is 5.92 Å². The van der Waals surface area contributed by atoms with Crippen molar-refractivity contribution in [3.8, 4) is 0 Å². The Morgan fingerprint density at radius 3 is 2.71 bits per heavy atom. The molecule has 2 N–H and O–H groups in total. The van der Waals surface area contributed by atoms with Crippen molar-refractivity contribution in [2.24, 2.45) is 5.92 Å². The van der Waals surface area contributed by atoms with Gasteiger partial charge in [-0.15, -0.1) is 0 Å². The van der Waals surface area contributed by atoms with E-state index >= 15 is 0 Å². The second-order valence-electron chi connectivity index (χ2n) is 4.05. The number of piperidine rings is 1. The minimum Gasteiger partial charge on any atom is -0.352 e. The molecule has 1 saturated heterocycles. The van der Waals surface area contributed by atoms with Crippen molar-refractivity contribution in [2.45, 2.75) is 32.2 Å². The number of alkyl halides is 2. The quantitative estimate of drug-likeness (QED) is 0.700. The van der Waals surface area contributed by atoms with Gasteiger partial charge in [-0.2, -0.15) is 0 Å². The van der Waals surface area contributed by atoms with Gasteiger partial charge in [-0.1, -0.05) is 13.8 Å². The zero-order chi connectivity index (χ0) is 10.8. The van der Waals surface area contributed by atoms with E-state index in [-0.39, 0.29) is 24.8 Å². The highest BCUT2D eigenvalue weighted by Crippen LogP contribution is 2.22. The molecule has 14 heavy (non-hydrogen) atoms. The number of rotatable bonds is 2. The number of hydrogen-bond donors (Lipinski definition) is 2. The van der Waals surface area contributed by atoms with Gasteiger partial charge in [0.2, 0.25) is 5.91 Å². The van der Waals surface area contributed by atoms with Crippen molar-refractivity contribution >= 4 is 5.91 Å². The normalized spacial score (nSPS) is 26.2. The first kappa shape index (κ1) is 11.4. The van der Waals surface area contributed by atoms with Crippen LogP contribution in [0.15, 0.2) is 0 Å². The van der Waals surface area contributed by atoms with Crippen LogP contribution < -0.4 is 10.6 Å². The van der Waals surface area contributed by atoms with Crippen molar-refractivity contribution in [1.29, 1.82) is 0 Å². The molecule has 1 amide bonds. The van der Waals surface area contributed by atoms with E-state index in [0.717, 1.165) is 0 Å². The van der Waals surface area contributed by atoms with Crippen LogP contribution in [-0.2, 0) is 4.79 Å². The van der Waals surface area contributed by atoms with Gasteiger partial charge in [-0.05, 0) is 0 Å². The van der Waals surface area contributed by atoms with Crippen LogP contribution in [0.25, 0.3) is 0 Å². The van der Waals surface area contributed by atoms with Gasteiger partial charge in [0.1, 0.15) is 0 Å². The van der Waals surface area contributed by atoms with E-state index in [1.54, 1.807) is 13.8 Å². The summed E-state index contributed by atoms with van der Waals surface area (Å²) in [5.41, 5.74) is 0. The maximum atomic E-state index is 12.9. The minimum absolute atomic E-state index is 0.162. The van der Waals surface area contributed by atoms with E-state index in [2.05, 4.69) is 10.6 Å². The third-order valence-corrected chi connectivity index (χ3v) is 2.19. The van der Waals surface area contributed by atoms with E-state index in [9.17, 15) is 13.6 Å². The summed E-state index contributed by atoms with van der Waals surface area (Å²) in [6.45, 7) is 3.61. The Morgan fingerprint density at radius 1 is 1.57 bits per heavy atom. The number of hydrogen-bond acceptors (Lipinski definition) is 2. The number of carbonyl (C=O) groups excluding carboxylic acids is 1. The predicted octanol–water partition coefficient (Wildman–Crippen LogP) is 0.756. The van der Waals surface area contributed by atoms with E-state index in [1.165, 1.54) is 0 Å². The van der Waals surface area contributed by atoms with Crippen molar-refractivity contribution in [3.63, 3.8) is 0 Å². The third-order valence-electron chi connectivity index (χ3n) is 2.19. The molecule has 0 aromatic carbocycles. The van der Waals surface area contributed by atoms with Crippen LogP contribution in [0.5, 0.6) is 0 Å². The molecule has 0 radical (unpaired) electrons. The average molecular weight is 206 g/mol. The van der Waals surface area contributed by atoms with Gasteiger partial charge in [0, 0.05) is 24.9 Å². The molecule has 0 aromatic rings. The van der Waals surface area contributed by atoms with Gasteiger partial charge >= 0.3 is 0 Å². The van der Waals surface area contributed by atoms with E-state index in [4.69, 9.17) is 0 Å². The van der Waals surface area contributed by atoms with Crippen LogP contribution >= 0.6 is 0 Å². The lowest BCUT2D eigenvalue weighted by atomic mass is 10.0. The maximum absolute atomic E-state index is 12.9. The highest BCUT2D eigenvalue weighted by Gasteiger charge is 2.36. The first-order valence-corrected chi connectivity index (χ1v) is 4.79. The molecular weight excluding hydrogens is 190 g/mol. The number of amides is 1. The Morgan fingerprint density at radius 2 is 2.21 bits per heavy atom. The standard InChI is InChI=1S/C9H16F2N2O/c1-6(2)8(14)13-7-3-9(10,11)5-12-4-7/h6-7,12H,3-5H2,1-2H3,(H,13,14). The molecule has 1 atom stereocenters. The van der Waals surface area contributed by atoms with Crippen LogP contribution in [0.1, 0.15) is 20.3 Å².